The Hall–Kier alpha value is -10.7. The van der Waals surface area contributed by atoms with E-state index < -0.39 is 49.8 Å². The number of aliphatic hydroxyl groups is 4. The lowest BCUT2D eigenvalue weighted by molar-refractivity contribution is -0.143. The number of unbranched alkanes of at least 4 members (excludes halogenated alkanes) is 10. The third kappa shape index (κ3) is 39.1. The van der Waals surface area contributed by atoms with Crippen LogP contribution in [0.1, 0.15) is 363 Å². The highest BCUT2D eigenvalue weighted by Gasteiger charge is 2.39. The molecule has 11 atom stereocenters. The van der Waals surface area contributed by atoms with Gasteiger partial charge in [0.25, 0.3) is 0 Å². The van der Waals surface area contributed by atoms with Gasteiger partial charge in [-0.25, -0.2) is 19.2 Å². The third-order valence-corrected chi connectivity index (χ3v) is 28.1. The molecule has 22 heteroatoms. The van der Waals surface area contributed by atoms with Gasteiger partial charge in [0.15, 0.2) is 0 Å². The van der Waals surface area contributed by atoms with E-state index in [0.29, 0.717) is 58.2 Å². The summed E-state index contributed by atoms with van der Waals surface area (Å²) in [4.78, 5) is 76.7. The highest BCUT2D eigenvalue weighted by molar-refractivity contribution is 5.80. The van der Waals surface area contributed by atoms with Crippen molar-refractivity contribution in [2.75, 3.05) is 61.1 Å². The van der Waals surface area contributed by atoms with Gasteiger partial charge in [-0.2, -0.15) is 0 Å². The van der Waals surface area contributed by atoms with Gasteiger partial charge in [0.1, 0.15) is 83.4 Å². The zero-order chi connectivity index (χ0) is 108. The number of hydrogen-bond donors (Lipinski definition) is 8. The second-order valence-corrected chi connectivity index (χ2v) is 41.8. The molecule has 0 saturated heterocycles. The Balaban J connectivity index is 0.000000277. The number of phenolic OH excluding ortho intramolecular Hbond substituents is 4. The number of aryl methyl sites for hydroxylation is 5. The highest BCUT2D eigenvalue weighted by atomic mass is 16.6. The molecule has 0 spiro atoms. The molecule has 0 unspecified atom stereocenters. The van der Waals surface area contributed by atoms with Gasteiger partial charge in [-0.1, -0.05) is 218 Å². The zero-order valence-corrected chi connectivity index (χ0v) is 91.4. The number of esters is 6. The standard InChI is InChI=1S/C26H39NO3.C25H37NO3.C25H34O6.C24H34O4.C23H32O4/c1-7-8-9-10-20-16-23(28)26(22-15-19(4)11-12-21(22)18(2)3)24(17-20)30-25(29)13-14-27(5)6;1-7-8-9-10-19-14-22(27)25(23(15-19)29-24(28)16-26(5)6)21-13-18(4)11-12-20(21)17(2)3;1-5-6-7-8-18-12-21(30-23(28)14-26)25(22(13-18)31-24(29)15-27)20-11-17(4)9-10-19(20)16(2)3;1-6-7-8-9-18-13-21(26)23(22(14-18)28-24(27)17(5)25)20-12-16(4)10-11-19(20)15(2)3;1-5-6-7-8-17-12-20(25)23(21(13-17)27-22(26)14-24)19-11-16(4)9-10-18(19)15(2)3/h15-17,21-22,28H,2,7-14H2,1,3-6H3;13-15,20-21,27H,2,7-12,16H2,1,3-6H3;11-13,19-20,26-27H,2,5-10,14-15H2,1,3-4H3;12-14,17,19-20,25-26H,2,6-11H2,1,3-5H3;11-13,18-19,24-25H,2,5-10,14H2,1,3-4H3/t21-,22+;20-,21+;19-,20+;17-,19+,20-;18-,19+/m00010/s1. The first-order valence-corrected chi connectivity index (χ1v) is 53.1. The maximum atomic E-state index is 12.6. The molecule has 0 heterocycles. The van der Waals surface area contributed by atoms with Crippen LogP contribution in [-0.2, 0) is 60.9 Å². The maximum absolute atomic E-state index is 12.6. The van der Waals surface area contributed by atoms with Crippen LogP contribution in [0.3, 0.4) is 0 Å². The van der Waals surface area contributed by atoms with E-state index in [9.17, 15) is 64.5 Å². The summed E-state index contributed by atoms with van der Waals surface area (Å²) in [6.45, 7) is 52.0. The van der Waals surface area contributed by atoms with Crippen molar-refractivity contribution in [3.8, 4) is 57.5 Å². The molecule has 0 fully saturated rings. The van der Waals surface area contributed by atoms with Crippen LogP contribution in [0.25, 0.3) is 0 Å². The van der Waals surface area contributed by atoms with Crippen molar-refractivity contribution in [2.45, 2.75) is 346 Å². The normalized spacial score (nSPS) is 19.2. The molecular weight excluding hydrogens is 1830 g/mol. The number of carbonyl (C=O) groups excluding carboxylic acids is 6. The summed E-state index contributed by atoms with van der Waals surface area (Å²) in [5, 5.41) is 81.0. The topological polar surface area (TPSA) is 326 Å². The van der Waals surface area contributed by atoms with Gasteiger partial charge < -0.3 is 74.2 Å². The Morgan fingerprint density at radius 2 is 0.538 bits per heavy atom. The van der Waals surface area contributed by atoms with Crippen LogP contribution < -0.4 is 28.4 Å². The summed E-state index contributed by atoms with van der Waals surface area (Å²) in [7, 11) is 7.55. The van der Waals surface area contributed by atoms with Gasteiger partial charge >= 0.3 is 35.8 Å². The average Bonchev–Trinajstić information content (AvgIpc) is 0.789. The fourth-order valence-electron chi connectivity index (χ4n) is 20.2. The molecule has 5 aliphatic carbocycles. The molecule has 0 saturated carbocycles. The summed E-state index contributed by atoms with van der Waals surface area (Å²) in [5.74, 6) is -0.201. The molecule has 5 aromatic carbocycles. The first-order valence-electron chi connectivity index (χ1n) is 53.1. The van der Waals surface area contributed by atoms with Crippen molar-refractivity contribution in [2.24, 2.45) is 29.6 Å². The summed E-state index contributed by atoms with van der Waals surface area (Å²) in [5.41, 5.74) is 19.6. The molecule has 10 rings (SSSR count). The van der Waals surface area contributed by atoms with Gasteiger partial charge in [0.2, 0.25) is 0 Å². The van der Waals surface area contributed by atoms with Crippen LogP contribution in [0.15, 0.2) is 180 Å². The number of hydrogen-bond acceptors (Lipinski definition) is 22. The average molecular weight is 2000 g/mol. The van der Waals surface area contributed by atoms with E-state index in [4.69, 9.17) is 33.5 Å². The Morgan fingerprint density at radius 1 is 0.324 bits per heavy atom. The van der Waals surface area contributed by atoms with Crippen molar-refractivity contribution >= 4 is 35.8 Å². The van der Waals surface area contributed by atoms with Crippen molar-refractivity contribution in [1.29, 1.82) is 0 Å². The predicted octanol–water partition coefficient (Wildman–Crippen LogP) is 26.3. The van der Waals surface area contributed by atoms with Gasteiger partial charge in [0.05, 0.1) is 13.0 Å². The highest BCUT2D eigenvalue weighted by Crippen LogP contribution is 2.54. The second kappa shape index (κ2) is 62.4. The van der Waals surface area contributed by atoms with E-state index >= 15 is 0 Å². The number of nitrogens with zero attached hydrogens (tertiary/aromatic N) is 2. The van der Waals surface area contributed by atoms with E-state index in [0.717, 1.165) is 254 Å². The lowest BCUT2D eigenvalue weighted by Crippen LogP contribution is -2.26. The molecule has 0 bridgehead atoms. The van der Waals surface area contributed by atoms with Gasteiger partial charge in [0, 0.05) is 64.0 Å². The molecule has 5 aromatic rings. The molecule has 0 radical (unpaired) electrons. The smallest absolute Gasteiger partial charge is 0.340 e. The molecule has 0 amide bonds. The summed E-state index contributed by atoms with van der Waals surface area (Å²) in [6, 6.07) is 18.5. The Kier molecular flexibility index (Phi) is 52.9. The molecule has 0 aliphatic heterocycles. The Bertz CT molecular complexity index is 5320. The first-order chi connectivity index (χ1) is 68.8. The van der Waals surface area contributed by atoms with Crippen molar-refractivity contribution in [1.82, 2.24) is 9.80 Å². The minimum Gasteiger partial charge on any atom is -0.507 e. The molecule has 5 aliphatic rings. The number of aromatic hydroxyl groups is 4. The van der Waals surface area contributed by atoms with Crippen LogP contribution >= 0.6 is 0 Å². The fraction of sp³-hybridized carbons (Fsp3) is 0.545. The van der Waals surface area contributed by atoms with E-state index in [-0.39, 0.29) is 112 Å². The van der Waals surface area contributed by atoms with Gasteiger partial charge in [-0.15, -0.1) is 0 Å². The van der Waals surface area contributed by atoms with E-state index in [1.54, 1.807) is 29.2 Å². The first kappa shape index (κ1) is 123. The number of likely N-dealkylation sites (N-methyl/N-ethyl adjacent to an activating group) is 1. The number of allylic oxidation sites excluding steroid dienone is 15. The fourth-order valence-corrected chi connectivity index (χ4v) is 20.2. The maximum Gasteiger partial charge on any atom is 0.340 e. The van der Waals surface area contributed by atoms with Gasteiger partial charge in [-0.05, 0) is 351 Å². The van der Waals surface area contributed by atoms with E-state index in [1.165, 1.54) is 34.8 Å². The number of ether oxygens (including phenoxy) is 6. The summed E-state index contributed by atoms with van der Waals surface area (Å²) in [6.07, 6.45) is 39.9. The SMILES string of the molecule is C=C(C)[C@@H]1CCC(C)=C[C@H]1c1c(O)cc(CCCCC)cc1OC(=O)CCN(C)C.C=C(C)[C@@H]1CCC(C)=C[C@H]1c1c(O)cc(CCCCC)cc1OC(=O)CN(C)C.C=C(C)[C@@H]1CCC(C)=C[C@H]1c1c(O)cc(CCCCC)cc1OC(=O)CO.C=C(C)[C@@H]1CCC(C)=C[C@H]1c1c(O)cc(CCCCC)cc1OC(=O)[C@@H](C)O.C=C(C)[C@@H]1CCC(C)=C[C@H]1c1c(OC(=O)CO)cc(CCCCC)cc1OC(=O)CO. The predicted molar refractivity (Wildman–Crippen MR) is 584 cm³/mol. The van der Waals surface area contributed by atoms with E-state index in [1.807, 2.05) is 111 Å². The Labute approximate surface area is 867 Å². The van der Waals surface area contributed by atoms with Gasteiger partial charge in [-0.3, -0.25) is 14.5 Å². The minimum absolute atomic E-state index is 0.0300. The molecule has 22 nitrogen and oxygen atoms in total. The molecule has 798 valence electrons. The minimum atomic E-state index is -1.22. The number of rotatable bonds is 45. The monoisotopic (exact) mass is 2000 g/mol. The number of phenols is 4. The lowest BCUT2D eigenvalue weighted by atomic mass is 9.73. The molecule has 8 N–H and O–H groups in total. The summed E-state index contributed by atoms with van der Waals surface area (Å²) < 4.78 is 33.7. The molecular formula is C123H176N2O20. The largest absolute Gasteiger partial charge is 0.507 e. The zero-order valence-electron chi connectivity index (χ0n) is 91.4. The number of benzene rings is 5. The van der Waals surface area contributed by atoms with Crippen LogP contribution in [0.2, 0.25) is 0 Å². The molecule has 145 heavy (non-hydrogen) atoms. The number of carbonyl (C=O) groups is 6. The van der Waals surface area contributed by atoms with Crippen molar-refractivity contribution in [3.63, 3.8) is 0 Å². The third-order valence-electron chi connectivity index (χ3n) is 28.1. The number of aliphatic hydroxyl groups excluding tert-OH is 4. The van der Waals surface area contributed by atoms with Crippen molar-refractivity contribution < 1.29 is 98.0 Å². The second-order valence-electron chi connectivity index (χ2n) is 41.8. The van der Waals surface area contributed by atoms with Crippen LogP contribution in [0, 0.1) is 29.6 Å². The van der Waals surface area contributed by atoms with Crippen LogP contribution in [0.4, 0.5) is 0 Å². The van der Waals surface area contributed by atoms with E-state index in [2.05, 4.69) is 126 Å². The Morgan fingerprint density at radius 3 is 0.752 bits per heavy atom. The quantitative estimate of drug-likeness (QED) is 0.00777. The lowest BCUT2D eigenvalue weighted by Gasteiger charge is -2.32. The van der Waals surface area contributed by atoms with Crippen molar-refractivity contribution in [3.05, 3.63) is 235 Å². The van der Waals surface area contributed by atoms with Crippen LogP contribution in [-0.4, -0.2) is 154 Å². The summed E-state index contributed by atoms with van der Waals surface area (Å²) >= 11 is 0. The van der Waals surface area contributed by atoms with Crippen LogP contribution in [0.5, 0.6) is 57.5 Å². The molecule has 0 aromatic heterocycles.